The van der Waals surface area contributed by atoms with E-state index in [0.29, 0.717) is 31.3 Å². The molecule has 1 aromatic rings. The summed E-state index contributed by atoms with van der Waals surface area (Å²) in [4.78, 5) is 24.1. The minimum Gasteiger partial charge on any atom is -0.449 e. The van der Waals surface area contributed by atoms with E-state index in [9.17, 15) is 9.59 Å². The van der Waals surface area contributed by atoms with Gasteiger partial charge < -0.3 is 14.8 Å². The number of hydrogen-bond acceptors (Lipinski definition) is 5. The van der Waals surface area contributed by atoms with Crippen molar-refractivity contribution < 1.29 is 19.1 Å². The summed E-state index contributed by atoms with van der Waals surface area (Å²) in [6.45, 7) is 8.57. The van der Waals surface area contributed by atoms with E-state index < -0.39 is 18.0 Å². The zero-order chi connectivity index (χ0) is 17.6. The number of ether oxygens (including phenoxy) is 2. The number of esters is 1. The smallest absolute Gasteiger partial charge is 0.343 e. The lowest BCUT2D eigenvalue weighted by atomic mass is 10.2. The van der Waals surface area contributed by atoms with Crippen molar-refractivity contribution in [2.45, 2.75) is 40.3 Å². The van der Waals surface area contributed by atoms with Crippen molar-refractivity contribution in [3.63, 3.8) is 0 Å². The number of nitrogens with zero attached hydrogens (tertiary/aromatic N) is 2. The highest BCUT2D eigenvalue weighted by Crippen LogP contribution is 2.22. The van der Waals surface area contributed by atoms with Gasteiger partial charge in [0, 0.05) is 20.2 Å². The lowest BCUT2D eigenvalue weighted by Gasteiger charge is -2.13. The zero-order valence-corrected chi connectivity index (χ0v) is 14.9. The second-order valence-corrected chi connectivity index (χ2v) is 6.02. The van der Waals surface area contributed by atoms with Crippen LogP contribution in [0.1, 0.15) is 36.8 Å². The second-order valence-electron chi connectivity index (χ2n) is 5.66. The van der Waals surface area contributed by atoms with E-state index in [4.69, 9.17) is 21.1 Å². The van der Waals surface area contributed by atoms with E-state index in [-0.39, 0.29) is 10.7 Å². The Balaban J connectivity index is 2.74. The topological polar surface area (TPSA) is 82.4 Å². The third-order valence-electron chi connectivity index (χ3n) is 3.07. The Morgan fingerprint density at radius 3 is 2.57 bits per heavy atom. The highest BCUT2D eigenvalue weighted by Gasteiger charge is 2.25. The van der Waals surface area contributed by atoms with Crippen molar-refractivity contribution in [3.8, 4) is 0 Å². The van der Waals surface area contributed by atoms with Gasteiger partial charge in [-0.2, -0.15) is 5.10 Å². The first-order valence-electron chi connectivity index (χ1n) is 7.48. The molecule has 0 aliphatic heterocycles. The summed E-state index contributed by atoms with van der Waals surface area (Å²) < 4.78 is 11.6. The normalized spacial score (nSPS) is 12.3. The van der Waals surface area contributed by atoms with Crippen LogP contribution in [0.4, 0.5) is 0 Å². The average molecular weight is 346 g/mol. The molecule has 0 unspecified atom stereocenters. The van der Waals surface area contributed by atoms with Crippen LogP contribution in [0, 0.1) is 12.8 Å². The summed E-state index contributed by atoms with van der Waals surface area (Å²) in [5.41, 5.74) is 0.677. The largest absolute Gasteiger partial charge is 0.449 e. The molecule has 1 amide bonds. The Morgan fingerprint density at radius 1 is 1.35 bits per heavy atom. The van der Waals surface area contributed by atoms with Crippen LogP contribution in [0.5, 0.6) is 0 Å². The Morgan fingerprint density at radius 2 is 2.00 bits per heavy atom. The van der Waals surface area contributed by atoms with Crippen LogP contribution in [0.15, 0.2) is 0 Å². The molecule has 130 valence electrons. The summed E-state index contributed by atoms with van der Waals surface area (Å²) in [6, 6.07) is 0. The molecular formula is C15H24ClN3O4. The number of halogens is 1. The molecule has 1 atom stereocenters. The van der Waals surface area contributed by atoms with Gasteiger partial charge in [0.1, 0.15) is 10.7 Å². The molecule has 23 heavy (non-hydrogen) atoms. The van der Waals surface area contributed by atoms with E-state index in [1.807, 2.05) is 13.8 Å². The van der Waals surface area contributed by atoms with Crippen LogP contribution in [-0.2, 0) is 20.8 Å². The van der Waals surface area contributed by atoms with E-state index in [2.05, 4.69) is 10.4 Å². The number of hydrogen-bond donors (Lipinski definition) is 1. The van der Waals surface area contributed by atoms with Crippen LogP contribution in [-0.4, -0.2) is 48.0 Å². The summed E-state index contributed by atoms with van der Waals surface area (Å²) in [5, 5.41) is 7.09. The first-order chi connectivity index (χ1) is 10.8. The molecule has 0 bridgehead atoms. The molecule has 0 aliphatic carbocycles. The fourth-order valence-electron chi connectivity index (χ4n) is 1.95. The minimum atomic E-state index is -0.928. The van der Waals surface area contributed by atoms with Crippen LogP contribution in [0.3, 0.4) is 0 Å². The van der Waals surface area contributed by atoms with Gasteiger partial charge in [0.15, 0.2) is 6.10 Å². The Kier molecular flexibility index (Phi) is 7.51. The molecule has 0 spiro atoms. The molecule has 8 heteroatoms. The monoisotopic (exact) mass is 345 g/mol. The molecule has 0 saturated carbocycles. The molecule has 0 radical (unpaired) electrons. The summed E-state index contributed by atoms with van der Waals surface area (Å²) in [7, 11) is 1.54. The Bertz CT molecular complexity index is 557. The predicted octanol–water partition coefficient (Wildman–Crippen LogP) is 1.81. The third-order valence-corrected chi connectivity index (χ3v) is 3.45. The minimum absolute atomic E-state index is 0.198. The number of carbonyl (C=O) groups is 2. The van der Waals surface area contributed by atoms with Crippen LogP contribution in [0.2, 0.25) is 5.15 Å². The maximum Gasteiger partial charge on any atom is 0.343 e. The number of rotatable bonds is 8. The number of aromatic nitrogens is 2. The zero-order valence-electron chi connectivity index (χ0n) is 14.2. The van der Waals surface area contributed by atoms with Crippen molar-refractivity contribution in [1.82, 2.24) is 15.1 Å². The van der Waals surface area contributed by atoms with E-state index in [1.54, 1.807) is 11.6 Å². The van der Waals surface area contributed by atoms with Crippen molar-refractivity contribution in [2.24, 2.45) is 5.92 Å². The van der Waals surface area contributed by atoms with E-state index >= 15 is 0 Å². The molecule has 0 fully saturated rings. The highest BCUT2D eigenvalue weighted by molar-refractivity contribution is 6.32. The summed E-state index contributed by atoms with van der Waals surface area (Å²) >= 11 is 6.22. The van der Waals surface area contributed by atoms with Gasteiger partial charge in [-0.15, -0.1) is 0 Å². The highest BCUT2D eigenvalue weighted by atomic mass is 35.5. The van der Waals surface area contributed by atoms with Crippen LogP contribution < -0.4 is 5.32 Å². The molecule has 1 rings (SSSR count). The van der Waals surface area contributed by atoms with Gasteiger partial charge in [-0.3, -0.25) is 9.48 Å². The van der Waals surface area contributed by atoms with Crippen molar-refractivity contribution >= 4 is 23.5 Å². The maximum absolute atomic E-state index is 12.3. The SMILES string of the molecule is COCCNC(=O)[C@@H](C)OC(=O)c1c(C)nn(CC(C)C)c1Cl. The summed E-state index contributed by atoms with van der Waals surface area (Å²) in [5.74, 6) is -0.711. The predicted molar refractivity (Wildman–Crippen MR) is 86.6 cm³/mol. The number of methoxy groups -OCH3 is 1. The molecule has 1 heterocycles. The second kappa shape index (κ2) is 8.88. The van der Waals surface area contributed by atoms with Crippen molar-refractivity contribution in [3.05, 3.63) is 16.4 Å². The van der Waals surface area contributed by atoms with Gasteiger partial charge in [-0.25, -0.2) is 4.79 Å². The van der Waals surface area contributed by atoms with Gasteiger partial charge >= 0.3 is 5.97 Å². The summed E-state index contributed by atoms with van der Waals surface area (Å²) in [6.07, 6.45) is -0.928. The molecule has 7 nitrogen and oxygen atoms in total. The average Bonchev–Trinajstić information content (AvgIpc) is 2.72. The Hall–Kier alpha value is -1.60. The van der Waals surface area contributed by atoms with Crippen LogP contribution in [0.25, 0.3) is 0 Å². The number of carbonyl (C=O) groups excluding carboxylic acids is 2. The van der Waals surface area contributed by atoms with Crippen molar-refractivity contribution in [2.75, 3.05) is 20.3 Å². The van der Waals surface area contributed by atoms with Crippen LogP contribution >= 0.6 is 11.6 Å². The molecule has 1 N–H and O–H groups in total. The number of nitrogens with one attached hydrogen (secondary N) is 1. The molecule has 0 aromatic carbocycles. The maximum atomic E-state index is 12.3. The molecule has 0 aliphatic rings. The van der Waals surface area contributed by atoms with E-state index in [0.717, 1.165) is 0 Å². The third kappa shape index (κ3) is 5.51. The lowest BCUT2D eigenvalue weighted by Crippen LogP contribution is -2.37. The number of amides is 1. The molecule has 0 saturated heterocycles. The van der Waals surface area contributed by atoms with Crippen molar-refractivity contribution in [1.29, 1.82) is 0 Å². The van der Waals surface area contributed by atoms with Gasteiger partial charge in [-0.1, -0.05) is 25.4 Å². The standard InChI is InChI=1S/C15H24ClN3O4/c1-9(2)8-19-13(16)12(10(3)18-19)15(21)23-11(4)14(20)17-6-7-22-5/h9,11H,6-8H2,1-5H3,(H,17,20)/t11-/m1/s1. The Labute approximate surface area is 141 Å². The first kappa shape index (κ1) is 19.4. The quantitative estimate of drug-likeness (QED) is 0.574. The van der Waals surface area contributed by atoms with Gasteiger partial charge in [-0.05, 0) is 19.8 Å². The molecule has 1 aromatic heterocycles. The fraction of sp³-hybridized carbons (Fsp3) is 0.667. The lowest BCUT2D eigenvalue weighted by molar-refractivity contribution is -0.129. The number of aryl methyl sites for hydroxylation is 1. The first-order valence-corrected chi connectivity index (χ1v) is 7.86. The van der Waals surface area contributed by atoms with Gasteiger partial charge in [0.25, 0.3) is 5.91 Å². The van der Waals surface area contributed by atoms with Gasteiger partial charge in [0.05, 0.1) is 12.3 Å². The van der Waals surface area contributed by atoms with Gasteiger partial charge in [0.2, 0.25) is 0 Å². The molecular weight excluding hydrogens is 322 g/mol. The van der Waals surface area contributed by atoms with E-state index in [1.165, 1.54) is 14.0 Å². The fourth-order valence-corrected chi connectivity index (χ4v) is 2.27.